The van der Waals surface area contributed by atoms with Crippen molar-refractivity contribution in [1.82, 2.24) is 9.88 Å². The zero-order valence-electron chi connectivity index (χ0n) is 18.0. The number of hydrogen-bond donors (Lipinski definition) is 2. The number of aromatic amines is 1. The molecule has 0 spiro atoms. The molecule has 0 saturated carbocycles. The summed E-state index contributed by atoms with van der Waals surface area (Å²) in [6, 6.07) is 12.6. The molecule has 1 aromatic heterocycles. The normalized spacial score (nSPS) is 22.9. The first-order chi connectivity index (χ1) is 15.2. The average Bonchev–Trinajstić information content (AvgIpc) is 3.35. The molecule has 0 saturated heterocycles. The molecule has 0 aliphatic carbocycles. The van der Waals surface area contributed by atoms with Gasteiger partial charge < -0.3 is 24.7 Å². The van der Waals surface area contributed by atoms with Gasteiger partial charge in [-0.15, -0.1) is 0 Å². The number of hydrogen-bond acceptors (Lipinski definition) is 5. The van der Waals surface area contributed by atoms with Gasteiger partial charge in [0.25, 0.3) is 0 Å². The summed E-state index contributed by atoms with van der Waals surface area (Å²) in [5.74, 6) is 1.72. The Kier molecular flexibility index (Phi) is 4.35. The Morgan fingerprint density at radius 3 is 2.94 bits per heavy atom. The van der Waals surface area contributed by atoms with Crippen LogP contribution in [0.4, 0.5) is 11.4 Å². The quantitative estimate of drug-likeness (QED) is 0.667. The van der Waals surface area contributed by atoms with Crippen LogP contribution in [-0.2, 0) is 0 Å². The number of rotatable bonds is 3. The third-order valence-electron chi connectivity index (χ3n) is 6.79. The lowest BCUT2D eigenvalue weighted by Crippen LogP contribution is -2.42. The third-order valence-corrected chi connectivity index (χ3v) is 6.79. The lowest BCUT2D eigenvalue weighted by Gasteiger charge is -2.34. The predicted octanol–water partition coefficient (Wildman–Crippen LogP) is 4.30. The first kappa shape index (κ1) is 18.6. The van der Waals surface area contributed by atoms with Crippen molar-refractivity contribution >= 4 is 27.9 Å². The highest BCUT2D eigenvalue weighted by atomic mass is 16.6. The first-order valence-corrected chi connectivity index (χ1v) is 11.1. The zero-order valence-corrected chi connectivity index (χ0v) is 18.0. The van der Waals surface area contributed by atoms with Crippen LogP contribution in [0.2, 0.25) is 0 Å². The number of benzene rings is 2. The van der Waals surface area contributed by atoms with Crippen molar-refractivity contribution in [1.29, 1.82) is 0 Å². The summed E-state index contributed by atoms with van der Waals surface area (Å²) in [6.07, 6.45) is 5.85. The number of aromatic nitrogens is 1. The molecule has 2 aromatic carbocycles. The van der Waals surface area contributed by atoms with Gasteiger partial charge in [-0.2, -0.15) is 0 Å². The molecule has 0 amide bonds. The van der Waals surface area contributed by atoms with E-state index in [9.17, 15) is 0 Å². The van der Waals surface area contributed by atoms with Crippen LogP contribution in [0.15, 0.2) is 48.7 Å². The average molecular weight is 417 g/mol. The molecule has 4 heterocycles. The van der Waals surface area contributed by atoms with Crippen LogP contribution in [0.1, 0.15) is 18.9 Å². The van der Waals surface area contributed by atoms with Crippen LogP contribution < -0.4 is 19.7 Å². The maximum atomic E-state index is 6.48. The van der Waals surface area contributed by atoms with Crippen LogP contribution in [-0.4, -0.2) is 55.4 Å². The van der Waals surface area contributed by atoms with Crippen molar-refractivity contribution in [2.24, 2.45) is 0 Å². The molecule has 160 valence electrons. The highest BCUT2D eigenvalue weighted by Gasteiger charge is 2.33. The summed E-state index contributed by atoms with van der Waals surface area (Å²) >= 11 is 0. The summed E-state index contributed by atoms with van der Waals surface area (Å²) in [5.41, 5.74) is 6.19. The maximum absolute atomic E-state index is 6.48. The van der Waals surface area contributed by atoms with E-state index in [2.05, 4.69) is 76.7 Å². The summed E-state index contributed by atoms with van der Waals surface area (Å²) in [4.78, 5) is 8.08. The third kappa shape index (κ3) is 3.13. The topological polar surface area (TPSA) is 52.8 Å². The minimum Gasteiger partial charge on any atom is -0.486 e. The van der Waals surface area contributed by atoms with Gasteiger partial charge >= 0.3 is 0 Å². The number of ether oxygens (including phenoxy) is 2. The number of anilines is 2. The second-order valence-electron chi connectivity index (χ2n) is 8.76. The highest BCUT2D eigenvalue weighted by molar-refractivity contribution is 5.92. The Morgan fingerprint density at radius 1 is 1.16 bits per heavy atom. The Morgan fingerprint density at radius 2 is 2.06 bits per heavy atom. The monoisotopic (exact) mass is 416 g/mol. The summed E-state index contributed by atoms with van der Waals surface area (Å²) in [6.45, 7) is 5.58. The second kappa shape index (κ2) is 7.24. The summed E-state index contributed by atoms with van der Waals surface area (Å²) in [7, 11) is 2.10. The highest BCUT2D eigenvalue weighted by Crippen LogP contribution is 2.48. The summed E-state index contributed by atoms with van der Waals surface area (Å²) in [5, 5.41) is 4.80. The number of para-hydroxylation sites is 1. The van der Waals surface area contributed by atoms with Gasteiger partial charge in [0, 0.05) is 49.3 Å². The Labute approximate surface area is 182 Å². The van der Waals surface area contributed by atoms with Crippen molar-refractivity contribution in [3.63, 3.8) is 0 Å². The number of H-pyrrole nitrogens is 1. The van der Waals surface area contributed by atoms with E-state index in [0.717, 1.165) is 48.9 Å². The van der Waals surface area contributed by atoms with Gasteiger partial charge in [0.1, 0.15) is 18.4 Å². The van der Waals surface area contributed by atoms with Crippen LogP contribution in [0.3, 0.4) is 0 Å². The van der Waals surface area contributed by atoms with Crippen LogP contribution >= 0.6 is 0 Å². The zero-order chi connectivity index (χ0) is 20.9. The van der Waals surface area contributed by atoms with Gasteiger partial charge in [-0.05, 0) is 37.1 Å². The van der Waals surface area contributed by atoms with Gasteiger partial charge in [0.15, 0.2) is 11.5 Å². The molecule has 6 heteroatoms. The first-order valence-electron chi connectivity index (χ1n) is 11.1. The van der Waals surface area contributed by atoms with Crippen molar-refractivity contribution in [3.05, 3.63) is 54.2 Å². The minimum absolute atomic E-state index is 0.0337. The van der Waals surface area contributed by atoms with Crippen molar-refractivity contribution < 1.29 is 9.47 Å². The van der Waals surface area contributed by atoms with E-state index in [4.69, 9.17) is 9.47 Å². The molecule has 3 aliphatic heterocycles. The second-order valence-corrected chi connectivity index (χ2v) is 8.76. The molecule has 3 aromatic rings. The van der Waals surface area contributed by atoms with E-state index in [1.165, 1.54) is 22.0 Å². The van der Waals surface area contributed by atoms with Crippen molar-refractivity contribution in [2.75, 3.05) is 43.5 Å². The van der Waals surface area contributed by atoms with E-state index in [-0.39, 0.29) is 12.3 Å². The molecule has 6 rings (SSSR count). The van der Waals surface area contributed by atoms with Gasteiger partial charge in [-0.25, -0.2) is 0 Å². The van der Waals surface area contributed by atoms with Crippen LogP contribution in [0.5, 0.6) is 11.5 Å². The van der Waals surface area contributed by atoms with E-state index in [1.54, 1.807) is 0 Å². The number of fused-ring (bicyclic) bond motifs is 4. The molecule has 0 bridgehead atoms. The van der Waals surface area contributed by atoms with E-state index >= 15 is 0 Å². The molecule has 2 unspecified atom stereocenters. The lowest BCUT2D eigenvalue weighted by atomic mass is 9.99. The molecule has 31 heavy (non-hydrogen) atoms. The molecule has 2 atom stereocenters. The molecular formula is C25H28N4O2. The van der Waals surface area contributed by atoms with Gasteiger partial charge in [0.2, 0.25) is 0 Å². The summed E-state index contributed by atoms with van der Waals surface area (Å²) < 4.78 is 12.6. The number of nitrogens with zero attached hydrogens (tertiary/aromatic N) is 2. The fraction of sp³-hybridized carbons (Fsp3) is 0.360. The van der Waals surface area contributed by atoms with Crippen molar-refractivity contribution in [2.45, 2.75) is 25.6 Å². The number of nitrogens with one attached hydrogen (secondary N) is 2. The lowest BCUT2D eigenvalue weighted by molar-refractivity contribution is 0.0622. The molecule has 0 fully saturated rings. The largest absolute Gasteiger partial charge is 0.486 e. The Bertz CT molecular complexity index is 1170. The smallest absolute Gasteiger partial charge is 0.187 e. The molecule has 3 aliphatic rings. The van der Waals surface area contributed by atoms with Crippen molar-refractivity contribution in [3.8, 4) is 11.5 Å². The molecule has 2 N–H and O–H groups in total. The van der Waals surface area contributed by atoms with E-state index in [0.29, 0.717) is 6.61 Å². The van der Waals surface area contributed by atoms with E-state index in [1.807, 2.05) is 6.07 Å². The van der Waals surface area contributed by atoms with E-state index < -0.39 is 0 Å². The van der Waals surface area contributed by atoms with Crippen LogP contribution in [0, 0.1) is 0 Å². The fourth-order valence-corrected chi connectivity index (χ4v) is 4.98. The molecule has 0 radical (unpaired) electrons. The standard InChI is InChI=1S/C25H28N4O2/c1-16-27-22-7-8-23-25(24(22)28(16)2)31-18(15-30-23)14-29-11-9-17(10-12-29)20-13-26-21-6-4-3-5-19(20)21/h3-9,13,16,18,26-27H,10-12,14-15H2,1-2H3. The molecule has 6 nitrogen and oxygen atoms in total. The van der Waals surface area contributed by atoms with Gasteiger partial charge in [-0.1, -0.05) is 24.3 Å². The fourth-order valence-electron chi connectivity index (χ4n) is 4.98. The Hall–Kier alpha value is -3.12. The van der Waals surface area contributed by atoms with Crippen LogP contribution in [0.25, 0.3) is 16.5 Å². The molecular weight excluding hydrogens is 388 g/mol. The minimum atomic E-state index is 0.0337. The SMILES string of the molecule is CC1Nc2ccc3c(c2N1C)OC(CN1CC=C(c2c[nH]c4ccccc24)CC1)CO3. The predicted molar refractivity (Wildman–Crippen MR) is 125 cm³/mol. The van der Waals surface area contributed by atoms with Gasteiger partial charge in [0.05, 0.1) is 11.9 Å². The van der Waals surface area contributed by atoms with Gasteiger partial charge in [-0.3, -0.25) is 4.90 Å². The Balaban J connectivity index is 1.16. The maximum Gasteiger partial charge on any atom is 0.187 e.